The molecule has 19 heavy (non-hydrogen) atoms. The first-order valence-corrected chi connectivity index (χ1v) is 7.53. The van der Waals surface area contributed by atoms with Gasteiger partial charge in [0.2, 0.25) is 0 Å². The molecule has 3 atom stereocenters. The zero-order chi connectivity index (χ0) is 14.5. The van der Waals surface area contributed by atoms with E-state index in [1.807, 2.05) is 6.92 Å². The van der Waals surface area contributed by atoms with Crippen molar-refractivity contribution < 1.29 is 9.53 Å². The van der Waals surface area contributed by atoms with Gasteiger partial charge in [0.25, 0.3) is 0 Å². The van der Waals surface area contributed by atoms with E-state index in [1.54, 1.807) is 6.92 Å². The van der Waals surface area contributed by atoms with Gasteiger partial charge in [-0.25, -0.2) is 0 Å². The molecule has 0 bridgehead atoms. The van der Waals surface area contributed by atoms with Crippen LogP contribution < -0.4 is 5.73 Å². The third-order valence-electron chi connectivity index (χ3n) is 3.86. The number of carbonyl (C=O) groups excluding carboxylic acids is 1. The number of carbonyl (C=O) groups is 1. The lowest BCUT2D eigenvalue weighted by atomic mass is 9.91. The van der Waals surface area contributed by atoms with Crippen LogP contribution in [0.25, 0.3) is 0 Å². The summed E-state index contributed by atoms with van der Waals surface area (Å²) in [6.07, 6.45) is 2.96. The average molecular weight is 270 g/mol. The highest BCUT2D eigenvalue weighted by Gasteiger charge is 2.30. The van der Waals surface area contributed by atoms with Crippen molar-refractivity contribution in [3.05, 3.63) is 0 Å². The van der Waals surface area contributed by atoms with Crippen molar-refractivity contribution in [2.45, 2.75) is 52.5 Å². The minimum atomic E-state index is -0.844. The van der Waals surface area contributed by atoms with Gasteiger partial charge in [0.1, 0.15) is 5.54 Å². The van der Waals surface area contributed by atoms with Crippen LogP contribution in [0, 0.1) is 11.8 Å². The van der Waals surface area contributed by atoms with Gasteiger partial charge < -0.3 is 15.4 Å². The van der Waals surface area contributed by atoms with Crippen LogP contribution in [-0.4, -0.2) is 42.6 Å². The van der Waals surface area contributed by atoms with Crippen LogP contribution in [0.15, 0.2) is 0 Å². The molecule has 4 heteroatoms. The van der Waals surface area contributed by atoms with Gasteiger partial charge in [-0.3, -0.25) is 4.79 Å². The number of likely N-dealkylation sites (tertiary alicyclic amines) is 1. The molecule has 0 spiro atoms. The van der Waals surface area contributed by atoms with Crippen LogP contribution in [0.5, 0.6) is 0 Å². The SMILES string of the molecule is CCOC(=O)C(C)(N)CCCN1CC(C)CC(C)C1. The third kappa shape index (κ3) is 5.49. The van der Waals surface area contributed by atoms with Gasteiger partial charge in [0, 0.05) is 13.1 Å². The minimum Gasteiger partial charge on any atom is -0.465 e. The van der Waals surface area contributed by atoms with Crippen LogP contribution in [-0.2, 0) is 9.53 Å². The Labute approximate surface area is 117 Å². The number of hydrogen-bond donors (Lipinski definition) is 1. The van der Waals surface area contributed by atoms with Crippen LogP contribution in [0.3, 0.4) is 0 Å². The van der Waals surface area contributed by atoms with Crippen LogP contribution in [0.1, 0.15) is 47.0 Å². The first kappa shape index (κ1) is 16.4. The summed E-state index contributed by atoms with van der Waals surface area (Å²) in [7, 11) is 0. The van der Waals surface area contributed by atoms with Crippen molar-refractivity contribution >= 4 is 5.97 Å². The van der Waals surface area contributed by atoms with E-state index in [0.717, 1.165) is 24.8 Å². The largest absolute Gasteiger partial charge is 0.465 e. The summed E-state index contributed by atoms with van der Waals surface area (Å²) in [5, 5.41) is 0. The fourth-order valence-corrected chi connectivity index (χ4v) is 3.04. The molecule has 112 valence electrons. The topological polar surface area (TPSA) is 55.6 Å². The van der Waals surface area contributed by atoms with E-state index in [1.165, 1.54) is 19.5 Å². The molecule has 0 aliphatic carbocycles. The van der Waals surface area contributed by atoms with E-state index in [0.29, 0.717) is 13.0 Å². The van der Waals surface area contributed by atoms with E-state index >= 15 is 0 Å². The zero-order valence-corrected chi connectivity index (χ0v) is 12.9. The lowest BCUT2D eigenvalue weighted by Crippen LogP contribution is -2.47. The zero-order valence-electron chi connectivity index (χ0n) is 12.9. The minimum absolute atomic E-state index is 0.282. The third-order valence-corrected chi connectivity index (χ3v) is 3.86. The molecule has 1 aliphatic rings. The van der Waals surface area contributed by atoms with Gasteiger partial charge in [-0.1, -0.05) is 13.8 Å². The highest BCUT2D eigenvalue weighted by molar-refractivity contribution is 5.79. The molecule has 4 nitrogen and oxygen atoms in total. The Morgan fingerprint density at radius 2 is 1.95 bits per heavy atom. The smallest absolute Gasteiger partial charge is 0.325 e. The predicted octanol–water partition coefficient (Wildman–Crippen LogP) is 2.02. The van der Waals surface area contributed by atoms with Gasteiger partial charge in [-0.15, -0.1) is 0 Å². The Morgan fingerprint density at radius 1 is 1.37 bits per heavy atom. The molecule has 1 aliphatic heterocycles. The van der Waals surface area contributed by atoms with E-state index in [-0.39, 0.29) is 5.97 Å². The molecule has 0 amide bonds. The van der Waals surface area contributed by atoms with Crippen molar-refractivity contribution in [3.8, 4) is 0 Å². The molecule has 1 fully saturated rings. The number of ether oxygens (including phenoxy) is 1. The summed E-state index contributed by atoms with van der Waals surface area (Å²) in [4.78, 5) is 14.2. The molecule has 1 rings (SSSR count). The Hall–Kier alpha value is -0.610. The summed E-state index contributed by atoms with van der Waals surface area (Å²) in [5.74, 6) is 1.27. The normalized spacial score (nSPS) is 27.8. The van der Waals surface area contributed by atoms with Crippen LogP contribution in [0.4, 0.5) is 0 Å². The second-order valence-corrected chi connectivity index (χ2v) is 6.45. The summed E-state index contributed by atoms with van der Waals surface area (Å²) < 4.78 is 5.01. The van der Waals surface area contributed by atoms with Crippen molar-refractivity contribution in [2.24, 2.45) is 17.6 Å². The Morgan fingerprint density at radius 3 is 2.47 bits per heavy atom. The van der Waals surface area contributed by atoms with Gasteiger partial charge in [-0.05, 0) is 51.5 Å². The van der Waals surface area contributed by atoms with Crippen molar-refractivity contribution in [2.75, 3.05) is 26.2 Å². The fraction of sp³-hybridized carbons (Fsp3) is 0.933. The summed E-state index contributed by atoms with van der Waals surface area (Å²) >= 11 is 0. The van der Waals surface area contributed by atoms with E-state index in [4.69, 9.17) is 10.5 Å². The second kappa shape index (κ2) is 7.25. The van der Waals surface area contributed by atoms with Gasteiger partial charge in [-0.2, -0.15) is 0 Å². The molecule has 1 saturated heterocycles. The maximum Gasteiger partial charge on any atom is 0.325 e. The number of rotatable bonds is 6. The maximum atomic E-state index is 11.7. The van der Waals surface area contributed by atoms with Gasteiger partial charge in [0.15, 0.2) is 0 Å². The molecular weight excluding hydrogens is 240 g/mol. The highest BCUT2D eigenvalue weighted by Crippen LogP contribution is 2.21. The molecule has 0 aromatic heterocycles. The molecule has 0 radical (unpaired) electrons. The van der Waals surface area contributed by atoms with Gasteiger partial charge in [0.05, 0.1) is 6.61 Å². The molecule has 0 aromatic carbocycles. The van der Waals surface area contributed by atoms with Crippen LogP contribution in [0.2, 0.25) is 0 Å². The molecule has 3 unspecified atom stereocenters. The number of esters is 1. The molecule has 2 N–H and O–H groups in total. The summed E-state index contributed by atoms with van der Waals surface area (Å²) in [6, 6.07) is 0. The number of nitrogens with zero attached hydrogens (tertiary/aromatic N) is 1. The fourth-order valence-electron chi connectivity index (χ4n) is 3.04. The molecule has 0 saturated carbocycles. The van der Waals surface area contributed by atoms with Gasteiger partial charge >= 0.3 is 5.97 Å². The first-order valence-electron chi connectivity index (χ1n) is 7.53. The molecule has 0 aromatic rings. The second-order valence-electron chi connectivity index (χ2n) is 6.45. The summed E-state index contributed by atoms with van der Waals surface area (Å²) in [5.41, 5.74) is 5.18. The van der Waals surface area contributed by atoms with Crippen molar-refractivity contribution in [3.63, 3.8) is 0 Å². The van der Waals surface area contributed by atoms with E-state index in [9.17, 15) is 4.79 Å². The predicted molar refractivity (Wildman–Crippen MR) is 77.8 cm³/mol. The van der Waals surface area contributed by atoms with E-state index in [2.05, 4.69) is 18.7 Å². The molecule has 1 heterocycles. The quantitative estimate of drug-likeness (QED) is 0.750. The Bertz CT molecular complexity index is 282. The standard InChI is InChI=1S/C15H30N2O2/c1-5-19-14(18)15(4,16)7-6-8-17-10-12(2)9-13(3)11-17/h12-13H,5-11,16H2,1-4H3. The number of hydrogen-bond acceptors (Lipinski definition) is 4. The number of nitrogens with two attached hydrogens (primary N) is 1. The van der Waals surface area contributed by atoms with Crippen molar-refractivity contribution in [1.82, 2.24) is 4.90 Å². The number of piperidine rings is 1. The van der Waals surface area contributed by atoms with Crippen molar-refractivity contribution in [1.29, 1.82) is 0 Å². The van der Waals surface area contributed by atoms with E-state index < -0.39 is 5.54 Å². The summed E-state index contributed by atoms with van der Waals surface area (Å²) in [6.45, 7) is 12.0. The Kier molecular flexibility index (Phi) is 6.27. The lowest BCUT2D eigenvalue weighted by Gasteiger charge is -2.35. The lowest BCUT2D eigenvalue weighted by molar-refractivity contribution is -0.149. The average Bonchev–Trinajstić information content (AvgIpc) is 2.27. The first-order chi connectivity index (χ1) is 8.85. The van der Waals surface area contributed by atoms with Crippen LogP contribution >= 0.6 is 0 Å². The highest BCUT2D eigenvalue weighted by atomic mass is 16.5. The monoisotopic (exact) mass is 270 g/mol. The Balaban J connectivity index is 2.31. The maximum absolute atomic E-state index is 11.7. The molecular formula is C15H30N2O2.